The highest BCUT2D eigenvalue weighted by Gasteiger charge is 1.99. The van der Waals surface area contributed by atoms with E-state index < -0.39 is 5.44 Å². The van der Waals surface area contributed by atoms with Gasteiger partial charge in [0.15, 0.2) is 0 Å². The van der Waals surface area contributed by atoms with E-state index in [0.29, 0.717) is 231 Å². The van der Waals surface area contributed by atoms with E-state index in [1.807, 2.05) is 0 Å². The highest BCUT2D eigenvalue weighted by molar-refractivity contribution is 7.80. The lowest BCUT2D eigenvalue weighted by Crippen LogP contribution is -2.16. The van der Waals surface area contributed by atoms with E-state index in [0.717, 1.165) is 0 Å². The zero-order valence-corrected chi connectivity index (χ0v) is 36.3. The summed E-state index contributed by atoms with van der Waals surface area (Å²) in [5, 5.41) is 17.5. The zero-order chi connectivity index (χ0) is 42.5. The molecule has 0 heterocycles. The van der Waals surface area contributed by atoms with Crippen molar-refractivity contribution < 1.29 is 95.5 Å². The smallest absolute Gasteiger partial charge is 0.120 e. The summed E-state index contributed by atoms with van der Waals surface area (Å²) in [6, 6.07) is 0. The van der Waals surface area contributed by atoms with Gasteiger partial charge in [-0.1, -0.05) is 0 Å². The number of aliphatic hydroxyl groups is 2. The summed E-state index contributed by atoms with van der Waals surface area (Å²) in [6.45, 7) is 17.0. The molecule has 20 nitrogen and oxygen atoms in total. The number of thiol groups is 1. The molecule has 0 aromatic carbocycles. The van der Waals surface area contributed by atoms with Crippen molar-refractivity contribution in [1.29, 1.82) is 0 Å². The van der Waals surface area contributed by atoms with Crippen molar-refractivity contribution >= 4 is 12.6 Å². The van der Waals surface area contributed by atoms with E-state index in [-0.39, 0.29) is 13.2 Å². The van der Waals surface area contributed by atoms with Crippen molar-refractivity contribution in [3.05, 3.63) is 0 Å². The van der Waals surface area contributed by atoms with Gasteiger partial charge in [0.25, 0.3) is 0 Å². The fraction of sp³-hybridized carbons (Fsp3) is 1.00. The van der Waals surface area contributed by atoms with Crippen LogP contribution in [0.15, 0.2) is 0 Å². The lowest BCUT2D eigenvalue weighted by Gasteiger charge is -2.09. The minimum atomic E-state index is -0.765. The molecular formula is C38H78O20S. The number of ether oxygens (including phenoxy) is 18. The molecule has 0 aliphatic carbocycles. The van der Waals surface area contributed by atoms with Gasteiger partial charge in [-0.05, 0) is 0 Å². The van der Waals surface area contributed by atoms with Crippen molar-refractivity contribution in [1.82, 2.24) is 0 Å². The van der Waals surface area contributed by atoms with Crippen LogP contribution in [0, 0.1) is 0 Å². The normalized spacial score (nSPS) is 12.3. The molecule has 1 unspecified atom stereocenters. The van der Waals surface area contributed by atoms with E-state index >= 15 is 0 Å². The van der Waals surface area contributed by atoms with Crippen LogP contribution in [0.25, 0.3) is 0 Å². The molecule has 0 amide bonds. The number of aliphatic hydroxyl groups excluding tert-OH is 2. The molecule has 21 heteroatoms. The van der Waals surface area contributed by atoms with Gasteiger partial charge in [0.2, 0.25) is 0 Å². The van der Waals surface area contributed by atoms with E-state index in [9.17, 15) is 0 Å². The minimum Gasteiger partial charge on any atom is -0.394 e. The lowest BCUT2D eigenvalue weighted by atomic mass is 10.6. The third kappa shape index (κ3) is 57.5. The summed E-state index contributed by atoms with van der Waals surface area (Å²) in [4.78, 5) is 0. The third-order valence-corrected chi connectivity index (χ3v) is 6.98. The number of rotatable bonds is 55. The van der Waals surface area contributed by atoms with Crippen LogP contribution in [0.3, 0.4) is 0 Å². The monoisotopic (exact) mass is 886 g/mol. The van der Waals surface area contributed by atoms with Gasteiger partial charge in [0.1, 0.15) is 5.44 Å². The Bertz CT molecular complexity index is 739. The van der Waals surface area contributed by atoms with Gasteiger partial charge in [-0.25, -0.2) is 0 Å². The van der Waals surface area contributed by atoms with Crippen LogP contribution in [0.2, 0.25) is 0 Å². The number of hydrogen-bond donors (Lipinski definition) is 3. The van der Waals surface area contributed by atoms with E-state index in [2.05, 4.69) is 12.6 Å². The predicted molar refractivity (Wildman–Crippen MR) is 217 cm³/mol. The molecule has 0 bridgehead atoms. The summed E-state index contributed by atoms with van der Waals surface area (Å²) in [5.74, 6) is 0. The molecule has 0 rings (SSSR count). The molecule has 0 spiro atoms. The molecule has 0 saturated heterocycles. The SMILES string of the molecule is OCCOCCOCCOCCOCCOCCOCCOCCOCCOCCOCCOCCOCCOCCOCCOCCOCCOCCOCC(O)S. The summed E-state index contributed by atoms with van der Waals surface area (Å²) in [6.07, 6.45) is 0. The molecule has 1 atom stereocenters. The van der Waals surface area contributed by atoms with Crippen LogP contribution in [0.4, 0.5) is 0 Å². The third-order valence-electron chi connectivity index (χ3n) is 6.83. The molecule has 0 aromatic heterocycles. The zero-order valence-electron chi connectivity index (χ0n) is 35.4. The van der Waals surface area contributed by atoms with Gasteiger partial charge in [-0.3, -0.25) is 0 Å². The second-order valence-corrected chi connectivity index (χ2v) is 12.3. The molecule has 0 radical (unpaired) electrons. The van der Waals surface area contributed by atoms with Crippen LogP contribution in [0.5, 0.6) is 0 Å². The van der Waals surface area contributed by atoms with Gasteiger partial charge in [0, 0.05) is 0 Å². The molecule has 356 valence electrons. The average molecular weight is 887 g/mol. The molecule has 0 aliphatic heterocycles. The molecule has 0 aromatic rings. The summed E-state index contributed by atoms with van der Waals surface area (Å²) in [7, 11) is 0. The quantitative estimate of drug-likeness (QED) is 0.0401. The highest BCUT2D eigenvalue weighted by atomic mass is 32.1. The minimum absolute atomic E-state index is 0.0196. The van der Waals surface area contributed by atoms with Crippen molar-refractivity contribution in [2.75, 3.05) is 244 Å². The maximum atomic E-state index is 8.94. The fourth-order valence-corrected chi connectivity index (χ4v) is 4.10. The van der Waals surface area contributed by atoms with Crippen LogP contribution in [0.1, 0.15) is 0 Å². The van der Waals surface area contributed by atoms with Crippen molar-refractivity contribution in [3.8, 4) is 0 Å². The first-order valence-corrected chi connectivity index (χ1v) is 21.1. The summed E-state index contributed by atoms with van der Waals surface area (Å²) < 4.78 is 97.5. The molecule has 0 saturated carbocycles. The Labute approximate surface area is 357 Å². The van der Waals surface area contributed by atoms with Crippen LogP contribution in [-0.2, 0) is 85.3 Å². The van der Waals surface area contributed by atoms with E-state index in [1.54, 1.807) is 0 Å². The Morgan fingerprint density at radius 2 is 0.339 bits per heavy atom. The van der Waals surface area contributed by atoms with Crippen molar-refractivity contribution in [3.63, 3.8) is 0 Å². The lowest BCUT2D eigenvalue weighted by molar-refractivity contribution is -0.0312. The molecule has 59 heavy (non-hydrogen) atoms. The van der Waals surface area contributed by atoms with Gasteiger partial charge in [0.05, 0.1) is 244 Å². The van der Waals surface area contributed by atoms with Crippen LogP contribution >= 0.6 is 12.6 Å². The Hall–Kier alpha value is -0.450. The van der Waals surface area contributed by atoms with Gasteiger partial charge in [-0.2, -0.15) is 0 Å². The van der Waals surface area contributed by atoms with E-state index in [1.165, 1.54) is 0 Å². The first-order chi connectivity index (χ1) is 29.3. The van der Waals surface area contributed by atoms with Crippen molar-refractivity contribution in [2.45, 2.75) is 5.44 Å². The Morgan fingerprint density at radius 1 is 0.220 bits per heavy atom. The Kier molecular flexibility index (Phi) is 55.1. The molecule has 0 aliphatic rings. The largest absolute Gasteiger partial charge is 0.394 e. The maximum Gasteiger partial charge on any atom is 0.120 e. The standard InChI is InChI=1S/C38H78O20S/c39-1-2-41-3-4-42-5-6-43-7-8-44-9-10-45-11-12-46-13-14-47-15-16-48-17-18-49-19-20-50-21-22-51-23-24-52-25-26-53-27-28-54-29-30-55-31-32-56-33-34-57-35-36-58-37-38(40)59/h38-40,59H,1-37H2. The predicted octanol–water partition coefficient (Wildman–Crippen LogP) is -0.474. The summed E-state index contributed by atoms with van der Waals surface area (Å²) in [5.41, 5.74) is -0.765. The molecule has 0 fully saturated rings. The second-order valence-electron chi connectivity index (χ2n) is 11.7. The number of hydrogen-bond acceptors (Lipinski definition) is 21. The Morgan fingerprint density at radius 3 is 0.458 bits per heavy atom. The fourth-order valence-electron chi connectivity index (χ4n) is 3.99. The average Bonchev–Trinajstić information content (AvgIpc) is 3.23. The first kappa shape index (κ1) is 58.6. The maximum absolute atomic E-state index is 8.94. The van der Waals surface area contributed by atoms with Gasteiger partial charge >= 0.3 is 0 Å². The van der Waals surface area contributed by atoms with E-state index in [4.69, 9.17) is 95.5 Å². The summed E-state index contributed by atoms with van der Waals surface area (Å²) >= 11 is 3.80. The highest BCUT2D eigenvalue weighted by Crippen LogP contribution is 1.91. The second kappa shape index (κ2) is 55.6. The van der Waals surface area contributed by atoms with Crippen molar-refractivity contribution in [2.24, 2.45) is 0 Å². The Balaban J connectivity index is 3.06. The first-order valence-electron chi connectivity index (χ1n) is 20.6. The molecular weight excluding hydrogens is 808 g/mol. The van der Waals surface area contributed by atoms with Crippen LogP contribution < -0.4 is 0 Å². The van der Waals surface area contributed by atoms with Gasteiger partial charge < -0.3 is 95.5 Å². The molecule has 2 N–H and O–H groups in total. The van der Waals surface area contributed by atoms with Gasteiger partial charge in [-0.15, -0.1) is 12.6 Å². The topological polar surface area (TPSA) is 207 Å². The van der Waals surface area contributed by atoms with Crippen LogP contribution in [-0.4, -0.2) is 260 Å².